The van der Waals surface area contributed by atoms with Crippen LogP contribution in [0.15, 0.2) is 127 Å². The zero-order valence-electron chi connectivity index (χ0n) is 19.0. The van der Waals surface area contributed by atoms with Crippen LogP contribution in [0.4, 0.5) is 11.4 Å². The molecule has 1 unspecified atom stereocenters. The maximum atomic E-state index is 11.7. The zero-order valence-corrected chi connectivity index (χ0v) is 20.6. The highest BCUT2D eigenvalue weighted by Gasteiger charge is 2.31. The van der Waals surface area contributed by atoms with Crippen molar-refractivity contribution >= 4 is 37.5 Å². The molecule has 36 heavy (non-hydrogen) atoms. The number of nitrogens with one attached hydrogen (secondary N) is 1. The molecule has 0 aliphatic carbocycles. The van der Waals surface area contributed by atoms with E-state index in [0.717, 1.165) is 33.6 Å². The topological polar surface area (TPSA) is 90.4 Å². The van der Waals surface area contributed by atoms with E-state index in [2.05, 4.69) is 5.32 Å². The Morgan fingerprint density at radius 3 is 1.67 bits per heavy atom. The second kappa shape index (κ2) is 10.6. The van der Waals surface area contributed by atoms with E-state index in [1.165, 1.54) is 0 Å². The minimum atomic E-state index is -4.65. The van der Waals surface area contributed by atoms with Gasteiger partial charge in [-0.2, -0.15) is 14.0 Å². The Labute approximate surface area is 214 Å². The van der Waals surface area contributed by atoms with E-state index in [-0.39, 0.29) is 0 Å². The van der Waals surface area contributed by atoms with Gasteiger partial charge in [0, 0.05) is 11.4 Å². The molecule has 1 N–H and O–H groups in total. The van der Waals surface area contributed by atoms with Gasteiger partial charge in [-0.1, -0.05) is 91.0 Å². The first-order valence-electron chi connectivity index (χ1n) is 11.2. The van der Waals surface area contributed by atoms with Crippen molar-refractivity contribution in [1.82, 2.24) is 0 Å². The van der Waals surface area contributed by atoms with E-state index in [1.54, 1.807) is 0 Å². The van der Waals surface area contributed by atoms with Gasteiger partial charge in [0.25, 0.3) is 0 Å². The highest BCUT2D eigenvalue weighted by molar-refractivity contribution is 8.20. The molecule has 5 nitrogen and oxygen atoms in total. The number of benzene rings is 4. The molecule has 4 aromatic rings. The van der Waals surface area contributed by atoms with E-state index in [4.69, 9.17) is 3.74 Å². The minimum absolute atomic E-state index is 0.616. The summed E-state index contributed by atoms with van der Waals surface area (Å²) < 4.78 is 40.3. The molecule has 1 atom stereocenters. The van der Waals surface area contributed by atoms with Crippen LogP contribution < -0.4 is 19.3 Å². The van der Waals surface area contributed by atoms with Gasteiger partial charge in [-0.05, 0) is 58.7 Å². The molecule has 1 aliphatic heterocycles. The summed E-state index contributed by atoms with van der Waals surface area (Å²) in [4.78, 5) is 1.23. The fourth-order valence-electron chi connectivity index (χ4n) is 3.88. The third-order valence-electron chi connectivity index (χ3n) is 5.51. The SMILES string of the molecule is [O-][Cl+3]([O-])([O-])OS1=C(c2ccccc2)C=C(c2ccc(Nc3ccccc3)cc2)C=C1c1ccccc1. The third-order valence-corrected chi connectivity index (χ3v) is 8.14. The first-order valence-corrected chi connectivity index (χ1v) is 13.5. The number of anilines is 2. The van der Waals surface area contributed by atoms with Crippen LogP contribution in [0.5, 0.6) is 0 Å². The Bertz CT molecular complexity index is 1430. The quantitative estimate of drug-likeness (QED) is 0.373. The van der Waals surface area contributed by atoms with Crippen molar-refractivity contribution in [2.24, 2.45) is 0 Å². The van der Waals surface area contributed by atoms with Crippen molar-refractivity contribution in [2.75, 3.05) is 5.32 Å². The van der Waals surface area contributed by atoms with Crippen molar-refractivity contribution in [2.45, 2.75) is 0 Å². The summed E-state index contributed by atoms with van der Waals surface area (Å²) in [5, 5.41) is 3.38. The van der Waals surface area contributed by atoms with Gasteiger partial charge in [0.15, 0.2) is 0 Å². The summed E-state index contributed by atoms with van der Waals surface area (Å²) in [5.74, 6) is 0. The second-order valence-electron chi connectivity index (χ2n) is 7.98. The average molecular weight is 516 g/mol. The highest BCUT2D eigenvalue weighted by Crippen LogP contribution is 2.45. The van der Waals surface area contributed by atoms with E-state index in [1.807, 2.05) is 127 Å². The third kappa shape index (κ3) is 5.83. The van der Waals surface area contributed by atoms with E-state index < -0.39 is 21.0 Å². The second-order valence-corrected chi connectivity index (χ2v) is 10.7. The molecular weight excluding hydrogens is 494 g/mol. The summed E-state index contributed by atoms with van der Waals surface area (Å²) in [5.41, 5.74) is 5.32. The van der Waals surface area contributed by atoms with Gasteiger partial charge < -0.3 is 5.32 Å². The van der Waals surface area contributed by atoms with Crippen LogP contribution in [-0.4, -0.2) is 4.86 Å². The summed E-state index contributed by atoms with van der Waals surface area (Å²) in [6.45, 7) is 0. The van der Waals surface area contributed by atoms with Crippen LogP contribution in [0.1, 0.15) is 16.7 Å². The molecule has 0 aromatic heterocycles. The van der Waals surface area contributed by atoms with Gasteiger partial charge in [0.1, 0.15) is 14.5 Å². The van der Waals surface area contributed by atoms with Gasteiger partial charge in [0.2, 0.25) is 0 Å². The van der Waals surface area contributed by atoms with Gasteiger partial charge in [-0.15, -0.1) is 0 Å². The summed E-state index contributed by atoms with van der Waals surface area (Å²) >= 11 is 0. The Hall–Kier alpha value is -3.49. The summed E-state index contributed by atoms with van der Waals surface area (Å²) in [6.07, 6.45) is 3.79. The molecule has 0 radical (unpaired) electrons. The van der Waals surface area contributed by atoms with Crippen LogP contribution in [0.3, 0.4) is 0 Å². The van der Waals surface area contributed by atoms with E-state index >= 15 is 0 Å². The van der Waals surface area contributed by atoms with Gasteiger partial charge in [-0.3, -0.25) is 0 Å². The van der Waals surface area contributed by atoms with Crippen molar-refractivity contribution < 1.29 is 28.0 Å². The average Bonchev–Trinajstić information content (AvgIpc) is 2.90. The number of rotatable bonds is 7. The lowest BCUT2D eigenvalue weighted by Gasteiger charge is -2.22. The van der Waals surface area contributed by atoms with Crippen LogP contribution in [0, 0.1) is 10.2 Å². The van der Waals surface area contributed by atoms with Gasteiger partial charge in [0.05, 0.1) is 20.0 Å². The predicted molar refractivity (Wildman–Crippen MR) is 138 cm³/mol. The first kappa shape index (κ1) is 24.2. The fourth-order valence-corrected chi connectivity index (χ4v) is 6.45. The number of allylic oxidation sites excluding steroid dienone is 3. The van der Waals surface area contributed by atoms with Gasteiger partial charge in [-0.25, -0.2) is 0 Å². The van der Waals surface area contributed by atoms with Crippen LogP contribution >= 0.6 is 10.8 Å². The molecule has 4 aromatic carbocycles. The van der Waals surface area contributed by atoms with E-state index in [0.29, 0.717) is 9.77 Å². The normalized spacial score (nSPS) is 15.8. The van der Waals surface area contributed by atoms with Crippen molar-refractivity contribution in [3.63, 3.8) is 0 Å². The molecule has 5 rings (SSSR count). The minimum Gasteiger partial charge on any atom is -0.356 e. The maximum absolute atomic E-state index is 11.7. The molecule has 0 spiro atoms. The number of hydrogen-bond acceptors (Lipinski definition) is 5. The standard InChI is InChI=1S/C29H22ClNO4S/c32-30(33,34)35-36-28(23-10-4-1-5-11-23)20-25(21-29(36)24-12-6-2-7-13-24)22-16-18-27(19-17-22)31-26-14-8-3-9-15-26/h1-21,31H. The fraction of sp³-hybridized carbons (Fsp3) is 0. The highest BCUT2D eigenvalue weighted by atomic mass is 35.7. The molecule has 7 heteroatoms. The Kier molecular flexibility index (Phi) is 7.16. The number of halogens is 1. The summed E-state index contributed by atoms with van der Waals surface area (Å²) in [7, 11) is -6.09. The molecule has 1 aliphatic rings. The molecule has 0 saturated heterocycles. The molecule has 0 amide bonds. The van der Waals surface area contributed by atoms with Crippen LogP contribution in [0.2, 0.25) is 0 Å². The van der Waals surface area contributed by atoms with Gasteiger partial charge >= 0.3 is 0 Å². The lowest BCUT2D eigenvalue weighted by atomic mass is 10.00. The van der Waals surface area contributed by atoms with Crippen LogP contribution in [-0.2, 0) is 3.74 Å². The Morgan fingerprint density at radius 2 is 1.08 bits per heavy atom. The molecular formula is C29H22ClNO4S. The lowest BCUT2D eigenvalue weighted by Crippen LogP contribution is -2.60. The smallest absolute Gasteiger partial charge is 0.148 e. The van der Waals surface area contributed by atoms with Crippen LogP contribution in [0.25, 0.3) is 10.5 Å². The zero-order chi connectivity index (χ0) is 25.0. The number of hydrogen-bond donors (Lipinski definition) is 1. The van der Waals surface area contributed by atoms with Crippen molar-refractivity contribution in [1.29, 1.82) is 0 Å². The largest absolute Gasteiger partial charge is 0.356 e. The number of para-hydroxylation sites is 1. The monoisotopic (exact) mass is 515 g/mol. The first-order chi connectivity index (χ1) is 17.5. The Balaban J connectivity index is 1.61. The molecule has 1 heterocycles. The molecule has 0 saturated carbocycles. The Morgan fingerprint density at radius 1 is 0.556 bits per heavy atom. The predicted octanol–water partition coefficient (Wildman–Crippen LogP) is 4.19. The molecule has 0 bridgehead atoms. The van der Waals surface area contributed by atoms with Crippen molar-refractivity contribution in [3.05, 3.63) is 144 Å². The molecule has 180 valence electrons. The maximum Gasteiger partial charge on any atom is 0.148 e. The van der Waals surface area contributed by atoms with E-state index in [9.17, 15) is 14.0 Å². The summed E-state index contributed by atoms with van der Waals surface area (Å²) in [6, 6.07) is 36.6. The lowest BCUT2D eigenvalue weighted by molar-refractivity contribution is -1.91. The molecule has 0 fully saturated rings. The van der Waals surface area contributed by atoms with Crippen molar-refractivity contribution in [3.8, 4) is 0 Å².